The smallest absolute Gasteiger partial charge is 0.404 e. The molecule has 2 aromatic rings. The molecule has 3 heterocycles. The number of aromatic nitrogens is 2. The number of aliphatic hydroxyl groups is 1. The van der Waals surface area contributed by atoms with Crippen molar-refractivity contribution in [3.05, 3.63) is 62.2 Å². The molecule has 13 heteroatoms. The van der Waals surface area contributed by atoms with E-state index in [1.54, 1.807) is 0 Å². The van der Waals surface area contributed by atoms with Crippen LogP contribution >= 0.6 is 7.82 Å². The second kappa shape index (κ2) is 7.71. The lowest BCUT2D eigenvalue weighted by atomic mass is 10.2. The average molecular weight is 456 g/mol. The average Bonchev–Trinajstić information content (AvgIpc) is 3.02. The highest BCUT2D eigenvalue weighted by atomic mass is 31.2. The molecule has 1 saturated heterocycles. The number of benzene rings is 1. The minimum Gasteiger partial charge on any atom is -0.404 e. The first-order valence-electron chi connectivity index (χ1n) is 8.85. The van der Waals surface area contributed by atoms with Gasteiger partial charge in [0.15, 0.2) is 6.23 Å². The van der Waals surface area contributed by atoms with Crippen LogP contribution in [0.4, 0.5) is 8.78 Å². The zero-order valence-corrected chi connectivity index (χ0v) is 16.5. The fourth-order valence-electron chi connectivity index (χ4n) is 3.15. The molecule has 4 rings (SSSR count). The number of alkyl halides is 1. The molecule has 0 bridgehead atoms. The lowest BCUT2D eigenvalue weighted by molar-refractivity contribution is -0.179. The molecule has 31 heavy (non-hydrogen) atoms. The molecule has 0 radical (unpaired) electrons. The number of hydrogen-bond acceptors (Lipinski definition) is 8. The van der Waals surface area contributed by atoms with Gasteiger partial charge in [0.25, 0.3) is 5.56 Å². The highest BCUT2D eigenvalue weighted by molar-refractivity contribution is 7.49. The number of phosphoric acid groups is 1. The predicted molar refractivity (Wildman–Crippen MR) is 99.2 cm³/mol. The summed E-state index contributed by atoms with van der Waals surface area (Å²) in [5.74, 6) is -1.12. The van der Waals surface area contributed by atoms with Gasteiger partial charge in [-0.05, 0) is 18.2 Å². The van der Waals surface area contributed by atoms with Crippen LogP contribution < -0.4 is 15.8 Å². The third-order valence-corrected chi connectivity index (χ3v) is 5.93. The Morgan fingerprint density at radius 3 is 2.97 bits per heavy atom. The Kier molecular flexibility index (Phi) is 5.33. The number of nitrogens with one attached hydrogen (secondary N) is 1. The van der Waals surface area contributed by atoms with Crippen LogP contribution in [0.25, 0.3) is 0 Å². The van der Waals surface area contributed by atoms with E-state index in [9.17, 15) is 23.7 Å². The quantitative estimate of drug-likeness (QED) is 0.521. The number of nitrogens with zero attached hydrogens (tertiary/aromatic N) is 1. The topological polar surface area (TPSA) is 129 Å². The van der Waals surface area contributed by atoms with E-state index in [4.69, 9.17) is 24.7 Å². The molecule has 0 amide bonds. The van der Waals surface area contributed by atoms with Crippen molar-refractivity contribution in [3.8, 4) is 18.1 Å². The highest BCUT2D eigenvalue weighted by Crippen LogP contribution is 2.55. The zero-order chi connectivity index (χ0) is 22.4. The summed E-state index contributed by atoms with van der Waals surface area (Å²) in [5, 5.41) is 10.2. The maximum absolute atomic E-state index is 15.1. The van der Waals surface area contributed by atoms with Gasteiger partial charge >= 0.3 is 13.5 Å². The van der Waals surface area contributed by atoms with Gasteiger partial charge in [-0.15, -0.1) is 6.42 Å². The maximum atomic E-state index is 15.1. The fourth-order valence-corrected chi connectivity index (χ4v) is 4.40. The van der Waals surface area contributed by atoms with E-state index in [1.165, 1.54) is 6.07 Å². The summed E-state index contributed by atoms with van der Waals surface area (Å²) < 4.78 is 62.0. The molecule has 1 fully saturated rings. The van der Waals surface area contributed by atoms with E-state index < -0.39 is 56.1 Å². The molecule has 0 aliphatic carbocycles. The van der Waals surface area contributed by atoms with E-state index in [1.807, 2.05) is 4.98 Å². The number of aromatic amines is 1. The van der Waals surface area contributed by atoms with Crippen LogP contribution in [0.2, 0.25) is 0 Å². The first kappa shape index (κ1) is 21.4. The van der Waals surface area contributed by atoms with Gasteiger partial charge in [-0.1, -0.05) is 5.92 Å². The van der Waals surface area contributed by atoms with Crippen LogP contribution in [-0.2, 0) is 25.0 Å². The summed E-state index contributed by atoms with van der Waals surface area (Å²) in [6.07, 6.45) is 2.41. The summed E-state index contributed by atoms with van der Waals surface area (Å²) in [6.45, 7) is -1.27. The molecule has 10 nitrogen and oxygen atoms in total. The Bertz CT molecular complexity index is 1240. The van der Waals surface area contributed by atoms with Gasteiger partial charge in [0.2, 0.25) is 5.85 Å². The van der Waals surface area contributed by atoms with E-state index in [2.05, 4.69) is 5.92 Å². The Morgan fingerprint density at radius 1 is 1.45 bits per heavy atom. The van der Waals surface area contributed by atoms with Crippen molar-refractivity contribution >= 4 is 7.82 Å². The van der Waals surface area contributed by atoms with Gasteiger partial charge < -0.3 is 14.4 Å². The van der Waals surface area contributed by atoms with E-state index in [0.717, 1.165) is 22.9 Å². The molecule has 1 aromatic heterocycles. The minimum atomic E-state index is -4.26. The van der Waals surface area contributed by atoms with Crippen molar-refractivity contribution in [2.24, 2.45) is 0 Å². The van der Waals surface area contributed by atoms with Crippen molar-refractivity contribution in [2.45, 2.75) is 31.2 Å². The number of halogens is 2. The molecule has 4 atom stereocenters. The number of aliphatic hydroxyl groups excluding tert-OH is 1. The second-order valence-electron chi connectivity index (χ2n) is 6.85. The summed E-state index contributed by atoms with van der Waals surface area (Å²) in [7, 11) is -4.26. The van der Waals surface area contributed by atoms with E-state index >= 15 is 4.39 Å². The number of fused-ring (bicyclic) bond motifs is 1. The normalized spacial score (nSPS) is 29.7. The van der Waals surface area contributed by atoms with Crippen LogP contribution in [0.5, 0.6) is 5.75 Å². The number of hydrogen-bond donors (Lipinski definition) is 2. The van der Waals surface area contributed by atoms with Crippen molar-refractivity contribution in [1.29, 1.82) is 0 Å². The summed E-state index contributed by atoms with van der Waals surface area (Å²) in [6, 6.07) is 3.44. The summed E-state index contributed by atoms with van der Waals surface area (Å²) in [4.78, 5) is 25.5. The Labute approximate surface area is 172 Å². The van der Waals surface area contributed by atoms with Gasteiger partial charge in [-0.25, -0.2) is 18.1 Å². The van der Waals surface area contributed by atoms with Crippen molar-refractivity contribution < 1.29 is 36.8 Å². The molecule has 2 aliphatic heterocycles. The maximum Gasteiger partial charge on any atom is 0.530 e. The van der Waals surface area contributed by atoms with Crippen molar-refractivity contribution in [2.75, 3.05) is 6.61 Å². The van der Waals surface area contributed by atoms with E-state index in [-0.39, 0.29) is 17.9 Å². The van der Waals surface area contributed by atoms with Gasteiger partial charge in [0, 0.05) is 18.2 Å². The number of ether oxygens (including phenoxy) is 1. The van der Waals surface area contributed by atoms with Crippen molar-refractivity contribution in [1.82, 2.24) is 9.55 Å². The molecule has 2 N–H and O–H groups in total. The van der Waals surface area contributed by atoms with Gasteiger partial charge in [-0.3, -0.25) is 23.4 Å². The fraction of sp³-hybridized carbons (Fsp3) is 0.333. The van der Waals surface area contributed by atoms with Crippen LogP contribution in [0.1, 0.15) is 23.8 Å². The lowest BCUT2D eigenvalue weighted by Gasteiger charge is -2.27. The number of phosphoric ester groups is 1. The van der Waals surface area contributed by atoms with Crippen LogP contribution in [0, 0.1) is 18.2 Å². The predicted octanol–water partition coefficient (Wildman–Crippen LogP) is 1.34. The van der Waals surface area contributed by atoms with Crippen LogP contribution in [-0.4, -0.2) is 33.2 Å². The standard InChI is InChI=1S/C18H15F2N2O8P/c1-2-10-7-22(17(25)21-15(10)24)16-13(23)6-18(20,29-16)9-28-31(26)27-8-11-5-12(19)3-4-14(11)30-31/h1,3-5,7,13,16,23H,6,8-9H2,(H,21,24,25)/t13-,16-,18+,31?/m1/s1. The molecule has 0 saturated carbocycles. The Balaban J connectivity index is 1.49. The van der Waals surface area contributed by atoms with Crippen molar-refractivity contribution in [3.63, 3.8) is 0 Å². The van der Waals surface area contributed by atoms with E-state index in [0.29, 0.717) is 5.56 Å². The van der Waals surface area contributed by atoms with Gasteiger partial charge in [0.1, 0.15) is 29.8 Å². The highest BCUT2D eigenvalue weighted by Gasteiger charge is 2.50. The number of terminal acetylenes is 1. The third kappa shape index (κ3) is 4.19. The first-order chi connectivity index (χ1) is 14.6. The molecule has 1 unspecified atom stereocenters. The summed E-state index contributed by atoms with van der Waals surface area (Å²) in [5.41, 5.74) is -1.74. The lowest BCUT2D eigenvalue weighted by Crippen LogP contribution is -2.37. The zero-order valence-electron chi connectivity index (χ0n) is 15.6. The second-order valence-corrected chi connectivity index (χ2v) is 8.45. The van der Waals surface area contributed by atoms with Crippen LogP contribution in [0.3, 0.4) is 0 Å². The molecular weight excluding hydrogens is 441 g/mol. The first-order valence-corrected chi connectivity index (χ1v) is 10.3. The molecule has 2 aliphatic rings. The summed E-state index contributed by atoms with van der Waals surface area (Å²) >= 11 is 0. The largest absolute Gasteiger partial charge is 0.530 e. The SMILES string of the molecule is C#Cc1cn([C@@H]2O[C@](F)(COP3(=O)OCc4cc(F)ccc4O3)C[C@H]2O)c(=O)[nH]c1=O. The number of H-pyrrole nitrogens is 1. The molecular formula is C18H15F2N2O8P. The number of rotatable bonds is 4. The monoisotopic (exact) mass is 456 g/mol. The Hall–Kier alpha value is -2.81. The molecule has 164 valence electrons. The van der Waals surface area contributed by atoms with Gasteiger partial charge in [0.05, 0.1) is 6.61 Å². The molecule has 0 spiro atoms. The van der Waals surface area contributed by atoms with Crippen LogP contribution in [0.15, 0.2) is 34.0 Å². The third-order valence-electron chi connectivity index (χ3n) is 4.62. The van der Waals surface area contributed by atoms with Gasteiger partial charge in [-0.2, -0.15) is 0 Å². The minimum absolute atomic E-state index is 0.0516. The molecule has 1 aromatic carbocycles. The Morgan fingerprint density at radius 2 is 2.23 bits per heavy atom.